The van der Waals surface area contributed by atoms with E-state index in [0.29, 0.717) is 35.0 Å². The van der Waals surface area contributed by atoms with Crippen LogP contribution in [0.4, 0.5) is 5.69 Å². The fourth-order valence-corrected chi connectivity index (χ4v) is 3.90. The van der Waals surface area contributed by atoms with Crippen LogP contribution in [0.15, 0.2) is 84.9 Å². The maximum Gasteiger partial charge on any atom is 0.262 e. The fourth-order valence-electron chi connectivity index (χ4n) is 3.90. The largest absolute Gasteiger partial charge is 0.495 e. The Morgan fingerprint density at radius 2 is 1.50 bits per heavy atom. The predicted molar refractivity (Wildman–Crippen MR) is 140 cm³/mol. The fraction of sp³-hybridized carbons (Fsp3) is 0.172. The summed E-state index contributed by atoms with van der Waals surface area (Å²) in [4.78, 5) is 27.1. The van der Waals surface area contributed by atoms with Gasteiger partial charge in [-0.05, 0) is 52.7 Å². The van der Waals surface area contributed by atoms with Gasteiger partial charge in [0.2, 0.25) is 0 Å². The molecule has 0 heterocycles. The highest BCUT2D eigenvalue weighted by atomic mass is 16.5. The Morgan fingerprint density at radius 1 is 0.778 bits per heavy atom. The zero-order chi connectivity index (χ0) is 25.5. The van der Waals surface area contributed by atoms with Gasteiger partial charge in [-0.3, -0.25) is 9.59 Å². The van der Waals surface area contributed by atoms with Gasteiger partial charge in [-0.15, -0.1) is 0 Å². The molecule has 0 radical (unpaired) electrons. The minimum Gasteiger partial charge on any atom is -0.495 e. The summed E-state index contributed by atoms with van der Waals surface area (Å²) < 4.78 is 16.3. The summed E-state index contributed by atoms with van der Waals surface area (Å²) in [6.45, 7) is 0.233. The summed E-state index contributed by atoms with van der Waals surface area (Å²) in [7, 11) is 4.79. The van der Waals surface area contributed by atoms with Gasteiger partial charge in [0.15, 0.2) is 18.1 Å². The zero-order valence-electron chi connectivity index (χ0n) is 20.5. The number of carbonyl (C=O) groups excluding carboxylic acids is 2. The molecule has 4 aromatic rings. The number of anilines is 1. The van der Waals surface area contributed by atoms with E-state index in [9.17, 15) is 9.59 Å². The second-order valence-electron chi connectivity index (χ2n) is 8.25. The predicted octanol–water partition coefficient (Wildman–Crippen LogP) is 5.15. The molecule has 0 aliphatic heterocycles. The molecule has 0 saturated heterocycles. The second-order valence-corrected chi connectivity index (χ2v) is 8.25. The van der Waals surface area contributed by atoms with Crippen molar-refractivity contribution >= 4 is 28.3 Å². The summed E-state index contributed by atoms with van der Waals surface area (Å²) in [5.41, 5.74) is 2.05. The van der Waals surface area contributed by atoms with Crippen LogP contribution in [0.25, 0.3) is 10.8 Å². The van der Waals surface area contributed by atoms with Gasteiger partial charge in [-0.1, -0.05) is 48.5 Å². The first-order valence-corrected chi connectivity index (χ1v) is 11.5. The van der Waals surface area contributed by atoms with Crippen molar-refractivity contribution in [2.24, 2.45) is 0 Å². The number of para-hydroxylation sites is 2. The number of methoxy groups -OCH3 is 2. The molecule has 36 heavy (non-hydrogen) atoms. The molecule has 0 bridgehead atoms. The standard InChI is InChI=1S/C29H28N2O5/c1-31(18-20-12-13-21-8-4-5-9-22(21)16-20)29(33)23-14-15-26(27(17-23)35-3)36-19-28(32)30-24-10-6-7-11-25(24)34-2/h4-17H,18-19H2,1-3H3,(H,30,32). The van der Waals surface area contributed by atoms with Crippen LogP contribution >= 0.6 is 0 Å². The van der Waals surface area contributed by atoms with Crippen molar-refractivity contribution in [3.8, 4) is 17.2 Å². The number of hydrogen-bond acceptors (Lipinski definition) is 5. The Morgan fingerprint density at radius 3 is 2.28 bits per heavy atom. The van der Waals surface area contributed by atoms with Gasteiger partial charge in [-0.25, -0.2) is 0 Å². The second kappa shape index (κ2) is 11.3. The number of ether oxygens (including phenoxy) is 3. The monoisotopic (exact) mass is 484 g/mol. The molecule has 0 saturated carbocycles. The van der Waals surface area contributed by atoms with Gasteiger partial charge < -0.3 is 24.4 Å². The molecule has 4 rings (SSSR count). The van der Waals surface area contributed by atoms with Gasteiger partial charge in [0.05, 0.1) is 19.9 Å². The van der Waals surface area contributed by atoms with Crippen LogP contribution in [0.3, 0.4) is 0 Å². The minimum atomic E-state index is -0.350. The van der Waals surface area contributed by atoms with Crippen LogP contribution < -0.4 is 19.5 Å². The van der Waals surface area contributed by atoms with E-state index >= 15 is 0 Å². The van der Waals surface area contributed by atoms with Crippen LogP contribution in [0.5, 0.6) is 17.2 Å². The molecular formula is C29H28N2O5. The number of nitrogens with zero attached hydrogens (tertiary/aromatic N) is 1. The van der Waals surface area contributed by atoms with E-state index in [-0.39, 0.29) is 18.4 Å². The van der Waals surface area contributed by atoms with Gasteiger partial charge in [0.1, 0.15) is 5.75 Å². The Balaban J connectivity index is 1.40. The molecule has 0 aliphatic carbocycles. The average molecular weight is 485 g/mol. The Hall–Kier alpha value is -4.52. The lowest BCUT2D eigenvalue weighted by atomic mass is 10.1. The lowest BCUT2D eigenvalue weighted by molar-refractivity contribution is -0.118. The van der Waals surface area contributed by atoms with Crippen LogP contribution in [0.1, 0.15) is 15.9 Å². The lowest BCUT2D eigenvalue weighted by Gasteiger charge is -2.19. The summed E-state index contributed by atoms with van der Waals surface area (Å²) in [6, 6.07) is 26.3. The van der Waals surface area contributed by atoms with Crippen molar-refractivity contribution in [3.05, 3.63) is 96.1 Å². The van der Waals surface area contributed by atoms with E-state index in [1.165, 1.54) is 14.2 Å². The smallest absolute Gasteiger partial charge is 0.262 e. The first-order valence-electron chi connectivity index (χ1n) is 11.5. The molecule has 184 valence electrons. The topological polar surface area (TPSA) is 77.1 Å². The Bertz CT molecular complexity index is 1390. The highest BCUT2D eigenvalue weighted by Crippen LogP contribution is 2.29. The van der Waals surface area contributed by atoms with Crippen molar-refractivity contribution in [1.29, 1.82) is 0 Å². The van der Waals surface area contributed by atoms with E-state index in [4.69, 9.17) is 14.2 Å². The molecule has 7 heteroatoms. The summed E-state index contributed by atoms with van der Waals surface area (Å²) >= 11 is 0. The molecule has 7 nitrogen and oxygen atoms in total. The zero-order valence-corrected chi connectivity index (χ0v) is 20.5. The molecule has 2 amide bonds. The third-order valence-electron chi connectivity index (χ3n) is 5.73. The summed E-state index contributed by atoms with van der Waals surface area (Å²) in [5, 5.41) is 5.05. The van der Waals surface area contributed by atoms with Crippen molar-refractivity contribution in [2.75, 3.05) is 33.2 Å². The van der Waals surface area contributed by atoms with E-state index < -0.39 is 0 Å². The lowest BCUT2D eigenvalue weighted by Crippen LogP contribution is -2.26. The van der Waals surface area contributed by atoms with Crippen LogP contribution in [-0.4, -0.2) is 44.6 Å². The normalized spacial score (nSPS) is 10.5. The number of fused-ring (bicyclic) bond motifs is 1. The Kier molecular flexibility index (Phi) is 7.70. The van der Waals surface area contributed by atoms with Gasteiger partial charge in [-0.2, -0.15) is 0 Å². The van der Waals surface area contributed by atoms with Crippen molar-refractivity contribution in [1.82, 2.24) is 4.90 Å². The van der Waals surface area contributed by atoms with Crippen LogP contribution in [-0.2, 0) is 11.3 Å². The molecule has 0 aromatic heterocycles. The van der Waals surface area contributed by atoms with Gasteiger partial charge in [0, 0.05) is 19.2 Å². The summed E-state index contributed by atoms with van der Waals surface area (Å²) in [6.07, 6.45) is 0. The van der Waals surface area contributed by atoms with Gasteiger partial charge in [0.25, 0.3) is 11.8 Å². The highest BCUT2D eigenvalue weighted by molar-refractivity contribution is 5.95. The molecule has 4 aromatic carbocycles. The number of rotatable bonds is 9. The molecular weight excluding hydrogens is 456 g/mol. The maximum absolute atomic E-state index is 13.1. The third-order valence-corrected chi connectivity index (χ3v) is 5.73. The van der Waals surface area contributed by atoms with E-state index in [1.54, 1.807) is 48.3 Å². The number of carbonyl (C=O) groups is 2. The van der Waals surface area contributed by atoms with Crippen LogP contribution in [0.2, 0.25) is 0 Å². The Labute approximate surface area is 210 Å². The number of nitrogens with one attached hydrogen (secondary N) is 1. The summed E-state index contributed by atoms with van der Waals surface area (Å²) in [5.74, 6) is 0.782. The van der Waals surface area contributed by atoms with Crippen molar-refractivity contribution < 1.29 is 23.8 Å². The van der Waals surface area contributed by atoms with E-state index in [2.05, 4.69) is 29.6 Å². The van der Waals surface area contributed by atoms with Crippen molar-refractivity contribution in [3.63, 3.8) is 0 Å². The first-order chi connectivity index (χ1) is 17.5. The maximum atomic E-state index is 13.1. The SMILES string of the molecule is COc1ccccc1NC(=O)COc1ccc(C(=O)N(C)Cc2ccc3ccccc3c2)cc1OC. The van der Waals surface area contributed by atoms with E-state index in [0.717, 1.165) is 16.3 Å². The van der Waals surface area contributed by atoms with Crippen LogP contribution in [0, 0.1) is 0 Å². The number of amides is 2. The number of hydrogen-bond donors (Lipinski definition) is 1. The average Bonchev–Trinajstić information content (AvgIpc) is 2.91. The molecule has 0 aliphatic rings. The minimum absolute atomic E-state index is 0.151. The third kappa shape index (κ3) is 5.75. The van der Waals surface area contributed by atoms with Crippen molar-refractivity contribution in [2.45, 2.75) is 6.54 Å². The molecule has 0 fully saturated rings. The number of benzene rings is 4. The highest BCUT2D eigenvalue weighted by Gasteiger charge is 2.16. The van der Waals surface area contributed by atoms with E-state index in [1.807, 2.05) is 24.3 Å². The molecule has 0 spiro atoms. The van der Waals surface area contributed by atoms with Gasteiger partial charge >= 0.3 is 0 Å². The molecule has 0 atom stereocenters. The molecule has 0 unspecified atom stereocenters. The molecule has 1 N–H and O–H groups in total. The first kappa shape index (κ1) is 24.6. The quantitative estimate of drug-likeness (QED) is 0.356.